The van der Waals surface area contributed by atoms with E-state index in [9.17, 15) is 45.6 Å². The summed E-state index contributed by atoms with van der Waals surface area (Å²) in [6, 6.07) is 18.5. The summed E-state index contributed by atoms with van der Waals surface area (Å²) in [5, 5.41) is 84.3. The number of aromatic hydroxyl groups is 8. The van der Waals surface area contributed by atoms with Crippen LogP contribution in [0.1, 0.15) is 56.9 Å². The molecular formula is C70H130N4O25S4Si14. The topological polar surface area (TPSA) is 379 Å². The van der Waals surface area contributed by atoms with Crippen LogP contribution in [0, 0.1) is 0 Å². The minimum absolute atomic E-state index is 0.000132. The largest absolute Gasteiger partial charge is 0.508 e. The summed E-state index contributed by atoms with van der Waals surface area (Å²) >= 11 is 6.41. The molecule has 2 bridgehead atoms. The number of thioether (sulfide) groups is 4. The zero-order valence-corrected chi connectivity index (χ0v) is 90.2. The van der Waals surface area contributed by atoms with Gasteiger partial charge < -0.3 is 112 Å². The summed E-state index contributed by atoms with van der Waals surface area (Å²) in [6.07, 6.45) is 0. The molecule has 6 unspecified atom stereocenters. The molecule has 2 aliphatic heterocycles. The molecule has 29 nitrogen and oxygen atoms in total. The number of nitrogens with zero attached hydrogens (tertiary/aromatic N) is 4. The third kappa shape index (κ3) is 34.9. The Morgan fingerprint density at radius 3 is 0.974 bits per heavy atom. The first kappa shape index (κ1) is 104. The lowest BCUT2D eigenvalue weighted by molar-refractivity contribution is 0.115. The molecule has 6 atom stereocenters. The smallest absolute Gasteiger partial charge is 0.477 e. The van der Waals surface area contributed by atoms with E-state index in [1.807, 2.05) is 105 Å². The zero-order valence-electron chi connectivity index (χ0n) is 72.9. The van der Waals surface area contributed by atoms with E-state index in [-0.39, 0.29) is 70.2 Å². The van der Waals surface area contributed by atoms with Crippen LogP contribution in [0.4, 0.5) is 0 Å². The maximum absolute atomic E-state index is 13.1. The highest BCUT2D eigenvalue weighted by molar-refractivity contribution is 8.00. The molecule has 2 aliphatic rings. The van der Waals surface area contributed by atoms with Crippen molar-refractivity contribution in [2.75, 3.05) is 79.3 Å². The second-order valence-corrected chi connectivity index (χ2v) is 86.5. The van der Waals surface area contributed by atoms with Gasteiger partial charge in [0.2, 0.25) is 0 Å². The van der Waals surface area contributed by atoms with Crippen LogP contribution >= 0.6 is 47.0 Å². The average molecular weight is 1950 g/mol. The van der Waals surface area contributed by atoms with E-state index in [1.54, 1.807) is 88.4 Å². The Kier molecular flexibility index (Phi) is 38.3. The zero-order chi connectivity index (χ0) is 87.7. The van der Waals surface area contributed by atoms with E-state index in [4.69, 9.17) is 86.1 Å². The maximum Gasteiger partial charge on any atom is 0.477 e. The number of phenols is 8. The molecule has 2 saturated heterocycles. The van der Waals surface area contributed by atoms with Crippen molar-refractivity contribution in [2.24, 2.45) is 20.0 Å². The van der Waals surface area contributed by atoms with Crippen molar-refractivity contribution >= 4 is 191 Å². The number of phenolic OH excluding ortho intramolecular Hbond substituents is 8. The van der Waals surface area contributed by atoms with Gasteiger partial charge in [0.25, 0.3) is 0 Å². The van der Waals surface area contributed by atoms with E-state index >= 15 is 0 Å². The normalized spacial score (nSPS) is 26.0. The Labute approximate surface area is 726 Å². The molecular weight excluding hydrogens is 1820 g/mol. The number of benzene rings is 4. The molecule has 6 rings (SSSR count). The predicted octanol–water partition coefficient (Wildman–Crippen LogP) is 15.7. The Hall–Kier alpha value is -2.28. The highest BCUT2D eigenvalue weighted by Crippen LogP contribution is 2.44. The summed E-state index contributed by atoms with van der Waals surface area (Å²) in [5.74, 6) is 3.83. The minimum Gasteiger partial charge on any atom is -0.508 e. The molecule has 0 radical (unpaired) electrons. The van der Waals surface area contributed by atoms with Gasteiger partial charge in [-0.05, 0) is 247 Å². The highest BCUT2D eigenvalue weighted by atomic mass is 32.2. The highest BCUT2D eigenvalue weighted by Gasteiger charge is 2.67. The Balaban J connectivity index is 1.59. The second-order valence-electron chi connectivity index (χ2n) is 32.9. The van der Waals surface area contributed by atoms with Gasteiger partial charge in [0.05, 0.1) is 0 Å². The van der Waals surface area contributed by atoms with Gasteiger partial charge >= 0.3 is 113 Å². The van der Waals surface area contributed by atoms with Crippen molar-refractivity contribution in [1.82, 2.24) is 0 Å². The van der Waals surface area contributed by atoms with Crippen LogP contribution in [0.25, 0.3) is 0 Å². The third-order valence-corrected chi connectivity index (χ3v) is 77.6. The molecule has 9 N–H and O–H groups in total. The van der Waals surface area contributed by atoms with Crippen molar-refractivity contribution in [3.8, 4) is 46.0 Å². The van der Waals surface area contributed by atoms with Gasteiger partial charge in [-0.15, -0.1) is 0 Å². The summed E-state index contributed by atoms with van der Waals surface area (Å²) in [6.45, 7) is 47.2. The third-order valence-electron chi connectivity index (χ3n) is 17.3. The quantitative estimate of drug-likeness (QED) is 0.00907. The molecule has 4 aromatic carbocycles. The van der Waals surface area contributed by atoms with Crippen LogP contribution in [-0.2, 0) is 66.2 Å². The van der Waals surface area contributed by atoms with Gasteiger partial charge in [0, 0.05) is 132 Å². The second kappa shape index (κ2) is 43.3. The predicted molar refractivity (Wildman–Crippen MR) is 504 cm³/mol. The van der Waals surface area contributed by atoms with E-state index in [1.165, 1.54) is 72.8 Å². The maximum atomic E-state index is 13.1. The fourth-order valence-corrected chi connectivity index (χ4v) is 87.5. The SMILES string of the molecule is CC[Si]1(O[Si](C)(C)C)O[Si](C)(C)O[Si]2(CCSCC/N=C(/C)c3cc(O)ccc3O)O[Si](C)(C)O[Si](CCSCC/N=C(/C)c3cc(O)ccc3O)(O[Si](C)(C)OC)O[Si](C)(C)O[Si](C)(CCSCC/N=C(/C)c3cc(O)ccc3O)O[Si](C)(O)O[Si](C)(C)O[Si](C)(C)O[Si](CCSCC/N=C(/C)c3cc(O)ccc3O)(O[Si](C)(C)O2)O1. The molecule has 0 amide bonds. The standard InChI is InChI=1S/C70H130N4O25S4Si14/c1-26-114(85-104(7,8)9)90-109(18,19)93-116(49-45-102-41-37-73-57(4)65-53-61(77)29-33-69(65)81)95-110(20,21)94-115(89-105(10,11)84-6,48-44-101-40-36-72-56(3)64-52-60(76)28-32-68(64)80)92-108(16,17)87-112(24,47-43-100-39-35-71-55(2)63-51-59(75)27-31-67(63)79)98-113(25,83)88-106(12,13)86-107(14,15)91-117(99-114,97-111(22,23)96-116)50-46-103-42-38-74-58(5)66-54-62(78)30-34-70(66)82/h27-34,51-54,75-83H,26,35-50H2,1-25H3/b71-55-,72-56-,73-57-,74-58-. The Morgan fingerprint density at radius 1 is 0.350 bits per heavy atom. The van der Waals surface area contributed by atoms with Crippen LogP contribution in [0.5, 0.6) is 46.0 Å². The molecule has 117 heavy (non-hydrogen) atoms. The van der Waals surface area contributed by atoms with Crippen LogP contribution < -0.4 is 0 Å². The molecule has 2 fully saturated rings. The fraction of sp³-hybridized carbons (Fsp3) is 0.600. The number of rotatable bonds is 34. The number of fused-ring (bicyclic) bond motifs is 4. The van der Waals surface area contributed by atoms with Crippen molar-refractivity contribution in [3.63, 3.8) is 0 Å². The average Bonchev–Trinajstić information content (AvgIpc) is 0.743. The minimum atomic E-state index is -4.44. The number of hydrogen-bond donors (Lipinski definition) is 9. The molecule has 4 aromatic rings. The Morgan fingerprint density at radius 2 is 0.641 bits per heavy atom. The van der Waals surface area contributed by atoms with Gasteiger partial charge in [-0.1, -0.05) is 6.92 Å². The first-order valence-electron chi connectivity index (χ1n) is 39.1. The van der Waals surface area contributed by atoms with Gasteiger partial charge in [-0.2, -0.15) is 47.0 Å². The lowest BCUT2D eigenvalue weighted by Gasteiger charge is -2.52. The first-order chi connectivity index (χ1) is 53.9. The van der Waals surface area contributed by atoms with E-state index in [2.05, 4.69) is 19.6 Å². The first-order valence-corrected chi connectivity index (χ1v) is 79.4. The van der Waals surface area contributed by atoms with E-state index < -0.39 is 121 Å². The molecule has 0 saturated carbocycles. The van der Waals surface area contributed by atoms with Crippen molar-refractivity contribution < 1.29 is 112 Å². The van der Waals surface area contributed by atoms with E-state index in [0.29, 0.717) is 123 Å². The molecule has 0 aromatic heterocycles. The monoisotopic (exact) mass is 1950 g/mol. The van der Waals surface area contributed by atoms with Gasteiger partial charge in [0.1, 0.15) is 46.0 Å². The molecule has 0 spiro atoms. The lowest BCUT2D eigenvalue weighted by atomic mass is 10.1. The summed E-state index contributed by atoms with van der Waals surface area (Å²) in [5.41, 5.74) is 3.88. The van der Waals surface area contributed by atoms with Crippen molar-refractivity contribution in [3.05, 3.63) is 95.1 Å². The number of aliphatic imine (C=N–C) groups is 4. The van der Waals surface area contributed by atoms with Gasteiger partial charge in [-0.3, -0.25) is 20.0 Å². The molecule has 660 valence electrons. The van der Waals surface area contributed by atoms with E-state index in [0.717, 1.165) is 0 Å². The summed E-state index contributed by atoms with van der Waals surface area (Å²) in [4.78, 5) is 32.3. The number of hydrogen-bond acceptors (Lipinski definition) is 33. The van der Waals surface area contributed by atoms with Gasteiger partial charge in [-0.25, -0.2) is 0 Å². The summed E-state index contributed by atoms with van der Waals surface area (Å²) < 4.78 is 121. The van der Waals surface area contributed by atoms with Gasteiger partial charge in [0.15, 0.2) is 8.32 Å². The van der Waals surface area contributed by atoms with Crippen molar-refractivity contribution in [1.29, 1.82) is 0 Å². The van der Waals surface area contributed by atoms with Crippen LogP contribution in [0.3, 0.4) is 0 Å². The van der Waals surface area contributed by atoms with Crippen LogP contribution in [-0.4, -0.2) is 269 Å². The summed E-state index contributed by atoms with van der Waals surface area (Å²) in [7, 11) is -52.7. The van der Waals surface area contributed by atoms with Crippen LogP contribution in [0.15, 0.2) is 92.8 Å². The fourth-order valence-electron chi connectivity index (χ4n) is 13.2. The Bertz CT molecular complexity index is 4070. The van der Waals surface area contributed by atoms with Crippen molar-refractivity contribution in [2.45, 2.75) is 189 Å². The molecule has 2 heterocycles. The lowest BCUT2D eigenvalue weighted by Crippen LogP contribution is -2.74. The molecule has 0 aliphatic carbocycles. The van der Waals surface area contributed by atoms with Crippen LogP contribution in [0.2, 0.25) is 155 Å². The molecule has 47 heteroatoms.